The molecule has 0 amide bonds. The summed E-state index contributed by atoms with van der Waals surface area (Å²) in [6.07, 6.45) is 3.10. The normalized spacial score (nSPS) is 12.8. The number of nitrogens with two attached hydrogens (primary N) is 1. The number of aryl methyl sites for hydroxylation is 1. The molecular weight excluding hydrogens is 323 g/mol. The van der Waals surface area contributed by atoms with Crippen molar-refractivity contribution in [3.8, 4) is 5.75 Å². The zero-order valence-electron chi connectivity index (χ0n) is 15.1. The number of aromatic nitrogens is 2. The standard InChI is InChI=1S/C17H25FN4OSi/c1-12-11-22(16(19)21-12)20-10-13-9-14(7-8-15(13)18)23-24(5,6)17(2,3)4/h7-11H,1-6H3,(H2,19,21). The molecule has 1 aromatic carbocycles. The van der Waals surface area contributed by atoms with E-state index >= 15 is 0 Å². The van der Waals surface area contributed by atoms with Crippen molar-refractivity contribution in [2.24, 2.45) is 5.10 Å². The number of hydrogen-bond donors (Lipinski definition) is 1. The molecule has 0 atom stereocenters. The molecule has 2 aromatic rings. The maximum atomic E-state index is 14.1. The van der Waals surface area contributed by atoms with E-state index in [2.05, 4.69) is 44.0 Å². The van der Waals surface area contributed by atoms with Gasteiger partial charge in [0.1, 0.15) is 11.6 Å². The van der Waals surface area contributed by atoms with Crippen LogP contribution in [0.1, 0.15) is 32.0 Å². The van der Waals surface area contributed by atoms with Crippen LogP contribution in [0.25, 0.3) is 0 Å². The van der Waals surface area contributed by atoms with Crippen molar-refractivity contribution in [2.45, 2.75) is 45.8 Å². The molecule has 0 saturated carbocycles. The fourth-order valence-electron chi connectivity index (χ4n) is 1.85. The van der Waals surface area contributed by atoms with Crippen molar-refractivity contribution in [1.82, 2.24) is 9.66 Å². The van der Waals surface area contributed by atoms with Crippen LogP contribution in [0.15, 0.2) is 29.5 Å². The third-order valence-electron chi connectivity index (χ3n) is 4.30. The van der Waals surface area contributed by atoms with Gasteiger partial charge in [0.25, 0.3) is 0 Å². The lowest BCUT2D eigenvalue weighted by atomic mass is 10.2. The van der Waals surface area contributed by atoms with Crippen LogP contribution in [0.5, 0.6) is 5.75 Å². The van der Waals surface area contributed by atoms with Crippen LogP contribution in [0.2, 0.25) is 18.1 Å². The van der Waals surface area contributed by atoms with E-state index in [0.717, 1.165) is 5.69 Å². The second kappa shape index (κ2) is 6.39. The molecule has 5 nitrogen and oxygen atoms in total. The molecule has 1 aromatic heterocycles. The highest BCUT2D eigenvalue weighted by Crippen LogP contribution is 2.37. The highest BCUT2D eigenvalue weighted by molar-refractivity contribution is 6.74. The number of imidazole rings is 1. The molecule has 2 rings (SSSR count). The molecule has 0 unspecified atom stereocenters. The van der Waals surface area contributed by atoms with Gasteiger partial charge in [-0.05, 0) is 43.3 Å². The smallest absolute Gasteiger partial charge is 0.250 e. The number of benzene rings is 1. The van der Waals surface area contributed by atoms with Crippen molar-refractivity contribution in [1.29, 1.82) is 0 Å². The molecule has 24 heavy (non-hydrogen) atoms. The first-order valence-corrected chi connectivity index (χ1v) is 10.7. The van der Waals surface area contributed by atoms with Crippen LogP contribution in [-0.4, -0.2) is 24.2 Å². The van der Waals surface area contributed by atoms with Gasteiger partial charge in [0.2, 0.25) is 14.3 Å². The van der Waals surface area contributed by atoms with Crippen LogP contribution < -0.4 is 10.2 Å². The van der Waals surface area contributed by atoms with E-state index in [1.54, 1.807) is 18.3 Å². The number of nitrogen functional groups attached to an aromatic ring is 1. The predicted octanol–water partition coefficient (Wildman–Crippen LogP) is 4.18. The molecule has 0 radical (unpaired) electrons. The summed E-state index contributed by atoms with van der Waals surface area (Å²) in [5, 5.41) is 4.23. The molecule has 130 valence electrons. The molecule has 7 heteroatoms. The molecule has 1 heterocycles. The third-order valence-corrected chi connectivity index (χ3v) is 8.66. The van der Waals surface area contributed by atoms with Crippen LogP contribution in [-0.2, 0) is 0 Å². The predicted molar refractivity (Wildman–Crippen MR) is 98.6 cm³/mol. The van der Waals surface area contributed by atoms with Crippen molar-refractivity contribution in [3.05, 3.63) is 41.5 Å². The molecular formula is C17H25FN4OSi. The molecule has 0 aliphatic heterocycles. The second-order valence-electron chi connectivity index (χ2n) is 7.38. The Labute approximate surface area is 143 Å². The maximum Gasteiger partial charge on any atom is 0.250 e. The number of anilines is 1. The Morgan fingerprint density at radius 3 is 2.54 bits per heavy atom. The zero-order chi connectivity index (χ0) is 18.1. The summed E-state index contributed by atoms with van der Waals surface area (Å²) in [4.78, 5) is 4.05. The Balaban J connectivity index is 2.28. The van der Waals surface area contributed by atoms with Crippen LogP contribution in [0.4, 0.5) is 10.3 Å². The Bertz CT molecular complexity index is 762. The first-order chi connectivity index (χ1) is 11.0. The number of rotatable bonds is 4. The van der Waals surface area contributed by atoms with E-state index in [9.17, 15) is 4.39 Å². The van der Waals surface area contributed by atoms with E-state index in [1.165, 1.54) is 17.0 Å². The Morgan fingerprint density at radius 2 is 2.00 bits per heavy atom. The van der Waals surface area contributed by atoms with Gasteiger partial charge in [-0.1, -0.05) is 20.8 Å². The molecule has 0 saturated heterocycles. The summed E-state index contributed by atoms with van der Waals surface area (Å²) in [6.45, 7) is 12.6. The van der Waals surface area contributed by atoms with Crippen molar-refractivity contribution < 1.29 is 8.82 Å². The van der Waals surface area contributed by atoms with Gasteiger partial charge in [-0.3, -0.25) is 0 Å². The minimum absolute atomic E-state index is 0.0679. The van der Waals surface area contributed by atoms with Crippen LogP contribution in [0.3, 0.4) is 0 Å². The van der Waals surface area contributed by atoms with Gasteiger partial charge in [-0.2, -0.15) is 5.10 Å². The Kier molecular flexibility index (Phi) is 4.84. The molecule has 0 aliphatic carbocycles. The SMILES string of the molecule is Cc1cn(N=Cc2cc(O[Si](C)(C)C(C)(C)C)ccc2F)c(N)n1. The fraction of sp³-hybridized carbons (Fsp3) is 0.412. The fourth-order valence-corrected chi connectivity index (χ4v) is 2.88. The van der Waals surface area contributed by atoms with Crippen molar-refractivity contribution >= 4 is 20.5 Å². The lowest BCUT2D eigenvalue weighted by Gasteiger charge is -2.36. The minimum Gasteiger partial charge on any atom is -0.543 e. The van der Waals surface area contributed by atoms with Gasteiger partial charge in [0.05, 0.1) is 18.1 Å². The van der Waals surface area contributed by atoms with Gasteiger partial charge in [0.15, 0.2) is 0 Å². The van der Waals surface area contributed by atoms with Crippen LogP contribution in [0, 0.1) is 12.7 Å². The lowest BCUT2D eigenvalue weighted by Crippen LogP contribution is -2.43. The van der Waals surface area contributed by atoms with Gasteiger partial charge < -0.3 is 10.2 Å². The van der Waals surface area contributed by atoms with Gasteiger partial charge in [-0.25, -0.2) is 14.1 Å². The maximum absolute atomic E-state index is 14.1. The van der Waals surface area contributed by atoms with E-state index in [-0.39, 0.29) is 16.8 Å². The van der Waals surface area contributed by atoms with Crippen molar-refractivity contribution in [2.75, 3.05) is 5.73 Å². The molecule has 0 bridgehead atoms. The van der Waals surface area contributed by atoms with Gasteiger partial charge in [-0.15, -0.1) is 0 Å². The average Bonchev–Trinajstić information content (AvgIpc) is 2.76. The van der Waals surface area contributed by atoms with Crippen LogP contribution >= 0.6 is 0 Å². The zero-order valence-corrected chi connectivity index (χ0v) is 16.1. The van der Waals surface area contributed by atoms with E-state index in [4.69, 9.17) is 10.2 Å². The average molecular weight is 348 g/mol. The lowest BCUT2D eigenvalue weighted by molar-refractivity contribution is 0.490. The molecule has 0 spiro atoms. The summed E-state index contributed by atoms with van der Waals surface area (Å²) in [6, 6.07) is 4.72. The topological polar surface area (TPSA) is 65.4 Å². The quantitative estimate of drug-likeness (QED) is 0.666. The Hall–Kier alpha value is -2.15. The third kappa shape index (κ3) is 4.03. The van der Waals surface area contributed by atoms with Gasteiger partial charge in [0, 0.05) is 5.56 Å². The monoisotopic (exact) mass is 348 g/mol. The molecule has 0 aliphatic rings. The Morgan fingerprint density at radius 1 is 1.33 bits per heavy atom. The first kappa shape index (κ1) is 18.2. The highest BCUT2D eigenvalue weighted by atomic mass is 28.4. The number of hydrogen-bond acceptors (Lipinski definition) is 4. The molecule has 0 fully saturated rings. The number of nitrogens with zero attached hydrogens (tertiary/aromatic N) is 3. The number of halogens is 1. The summed E-state index contributed by atoms with van der Waals surface area (Å²) in [5.41, 5.74) is 6.82. The highest BCUT2D eigenvalue weighted by Gasteiger charge is 2.39. The van der Waals surface area contributed by atoms with E-state index in [0.29, 0.717) is 11.3 Å². The second-order valence-corrected chi connectivity index (χ2v) is 12.1. The van der Waals surface area contributed by atoms with E-state index < -0.39 is 8.32 Å². The summed E-state index contributed by atoms with van der Waals surface area (Å²) < 4.78 is 21.7. The summed E-state index contributed by atoms with van der Waals surface area (Å²) in [7, 11) is -1.98. The minimum atomic E-state index is -1.98. The summed E-state index contributed by atoms with van der Waals surface area (Å²) in [5.74, 6) is 0.550. The van der Waals surface area contributed by atoms with Gasteiger partial charge >= 0.3 is 0 Å². The van der Waals surface area contributed by atoms with E-state index in [1.807, 2.05) is 6.92 Å². The van der Waals surface area contributed by atoms with Crippen molar-refractivity contribution in [3.63, 3.8) is 0 Å². The molecule has 2 N–H and O–H groups in total. The largest absolute Gasteiger partial charge is 0.543 e. The first-order valence-electron chi connectivity index (χ1n) is 7.84. The summed E-state index contributed by atoms with van der Waals surface area (Å²) >= 11 is 0.